The summed E-state index contributed by atoms with van der Waals surface area (Å²) in [5.41, 5.74) is 0.415. The fourth-order valence-corrected chi connectivity index (χ4v) is 6.98. The summed E-state index contributed by atoms with van der Waals surface area (Å²) >= 11 is 0. The number of nitrogens with zero attached hydrogens (tertiary/aromatic N) is 1. The van der Waals surface area contributed by atoms with Gasteiger partial charge in [-0.2, -0.15) is 0 Å². The number of piperidine rings is 1. The summed E-state index contributed by atoms with van der Waals surface area (Å²) < 4.78 is 23.6. The predicted molar refractivity (Wildman–Crippen MR) is 169 cm³/mol. The maximum absolute atomic E-state index is 13.7. The van der Waals surface area contributed by atoms with Gasteiger partial charge in [-0.25, -0.2) is 8.42 Å². The van der Waals surface area contributed by atoms with E-state index in [-0.39, 0.29) is 18.9 Å². The number of hydrogen-bond donors (Lipinski definition) is 5. The first-order valence-electron chi connectivity index (χ1n) is 15.6. The van der Waals surface area contributed by atoms with E-state index in [0.717, 1.165) is 37.5 Å². The number of likely N-dealkylation sites (tertiary alicyclic amines) is 1. The van der Waals surface area contributed by atoms with Crippen molar-refractivity contribution in [3.63, 3.8) is 0 Å². The van der Waals surface area contributed by atoms with E-state index in [2.05, 4.69) is 16.0 Å². The molecule has 1 saturated heterocycles. The minimum absolute atomic E-state index is 0.0842. The van der Waals surface area contributed by atoms with Gasteiger partial charge >= 0.3 is 0 Å². The normalized spacial score (nSPS) is 23.5. The van der Waals surface area contributed by atoms with Crippen LogP contribution in [0.15, 0.2) is 30.3 Å². The van der Waals surface area contributed by atoms with Crippen molar-refractivity contribution in [2.45, 2.75) is 108 Å². The van der Waals surface area contributed by atoms with Gasteiger partial charge in [0.25, 0.3) is 0 Å². The Balaban J connectivity index is 1.91. The SMILES string of the molecule is CC(C)(C)NC(=O)C1CC2CCCCC2CN1CC(O)C(Cc1ccccc1)NC(=O)C(NC(=O)CO)C(C)(C)S(C)(=O)=O. The average molecular weight is 637 g/mol. The molecule has 2 fully saturated rings. The van der Waals surface area contributed by atoms with Gasteiger partial charge in [0.15, 0.2) is 9.84 Å². The number of amides is 3. The maximum atomic E-state index is 13.7. The molecule has 1 aliphatic heterocycles. The van der Waals surface area contributed by atoms with Crippen LogP contribution in [0.2, 0.25) is 0 Å². The number of nitrogens with one attached hydrogen (secondary N) is 3. The number of benzene rings is 1. The maximum Gasteiger partial charge on any atom is 0.246 e. The molecule has 11 nitrogen and oxygen atoms in total. The van der Waals surface area contributed by atoms with E-state index in [4.69, 9.17) is 0 Å². The molecule has 6 unspecified atom stereocenters. The van der Waals surface area contributed by atoms with Crippen LogP contribution < -0.4 is 16.0 Å². The van der Waals surface area contributed by atoms with Crippen molar-refractivity contribution in [1.29, 1.82) is 0 Å². The molecular formula is C32H52N4O7S. The smallest absolute Gasteiger partial charge is 0.246 e. The molecule has 6 atom stereocenters. The van der Waals surface area contributed by atoms with Gasteiger partial charge in [-0.05, 0) is 71.3 Å². The minimum Gasteiger partial charge on any atom is -0.390 e. The molecule has 248 valence electrons. The Kier molecular flexibility index (Phi) is 12.0. The van der Waals surface area contributed by atoms with E-state index in [9.17, 15) is 33.0 Å². The summed E-state index contributed by atoms with van der Waals surface area (Å²) in [5, 5.41) is 29.4. The molecule has 3 amide bonds. The number of β-amino-alcohol motifs (C(OH)–C–C–N with tert-alkyl or cyclic N) is 1. The highest BCUT2D eigenvalue weighted by Crippen LogP contribution is 2.39. The van der Waals surface area contributed by atoms with Gasteiger partial charge in [0, 0.05) is 24.9 Å². The second-order valence-corrected chi connectivity index (χ2v) is 16.8. The number of hydrogen-bond acceptors (Lipinski definition) is 8. The zero-order valence-electron chi connectivity index (χ0n) is 27.0. The van der Waals surface area contributed by atoms with E-state index in [0.29, 0.717) is 24.8 Å². The lowest BCUT2D eigenvalue weighted by molar-refractivity contribution is -0.134. The fraction of sp³-hybridized carbons (Fsp3) is 0.719. The molecule has 3 rings (SSSR count). The van der Waals surface area contributed by atoms with Gasteiger partial charge in [0.1, 0.15) is 12.6 Å². The standard InChI is InChI=1S/C32H52N4O7S/c1-31(2,3)35-29(40)25-17-22-14-10-11-15-23(22)18-36(25)19-26(38)24(16-21-12-8-7-9-13-21)33-30(41)28(34-27(39)20-37)32(4,5)44(6,42)43/h7-9,12-13,22-26,28,37-38H,10-11,14-20H2,1-6H3,(H,33,41)(H,34,39)(H,35,40). The topological polar surface area (TPSA) is 165 Å². The number of aliphatic hydroxyl groups excluding tert-OH is 2. The predicted octanol–water partition coefficient (Wildman–Crippen LogP) is 1.17. The lowest BCUT2D eigenvalue weighted by atomic mass is 9.72. The molecule has 0 bridgehead atoms. The van der Waals surface area contributed by atoms with Crippen molar-refractivity contribution < 1.29 is 33.0 Å². The first-order valence-corrected chi connectivity index (χ1v) is 17.5. The van der Waals surface area contributed by atoms with Crippen LogP contribution in [-0.2, 0) is 30.6 Å². The van der Waals surface area contributed by atoms with Gasteiger partial charge in [0.05, 0.1) is 22.9 Å². The van der Waals surface area contributed by atoms with Gasteiger partial charge in [-0.1, -0.05) is 49.6 Å². The van der Waals surface area contributed by atoms with Crippen molar-refractivity contribution in [3.05, 3.63) is 35.9 Å². The lowest BCUT2D eigenvalue weighted by Crippen LogP contribution is -2.64. The van der Waals surface area contributed by atoms with Crippen LogP contribution >= 0.6 is 0 Å². The van der Waals surface area contributed by atoms with E-state index < -0.39 is 62.8 Å². The number of aliphatic hydroxyl groups is 2. The molecule has 0 radical (unpaired) electrons. The summed E-state index contributed by atoms with van der Waals surface area (Å²) in [7, 11) is -3.85. The molecule has 1 aliphatic carbocycles. The van der Waals surface area contributed by atoms with Gasteiger partial charge in [-0.15, -0.1) is 0 Å². The van der Waals surface area contributed by atoms with Crippen molar-refractivity contribution in [2.24, 2.45) is 11.8 Å². The third kappa shape index (κ3) is 9.48. The average Bonchev–Trinajstić information content (AvgIpc) is 2.93. The number of fused-ring (bicyclic) bond motifs is 1. The summed E-state index contributed by atoms with van der Waals surface area (Å²) in [5.74, 6) is -0.911. The fourth-order valence-electron chi connectivity index (χ4n) is 6.39. The molecule has 1 aromatic carbocycles. The Labute approximate surface area is 262 Å². The highest BCUT2D eigenvalue weighted by Gasteiger charge is 2.46. The molecule has 1 aromatic rings. The van der Waals surface area contributed by atoms with Crippen LogP contribution in [0.4, 0.5) is 0 Å². The Hall–Kier alpha value is -2.54. The van der Waals surface area contributed by atoms with Crippen molar-refractivity contribution in [3.8, 4) is 0 Å². The van der Waals surface area contributed by atoms with Crippen molar-refractivity contribution in [1.82, 2.24) is 20.9 Å². The largest absolute Gasteiger partial charge is 0.390 e. The van der Waals surface area contributed by atoms with Crippen LogP contribution in [0.3, 0.4) is 0 Å². The highest BCUT2D eigenvalue weighted by atomic mass is 32.2. The van der Waals surface area contributed by atoms with Crippen molar-refractivity contribution in [2.75, 3.05) is 26.0 Å². The second kappa shape index (κ2) is 14.7. The monoisotopic (exact) mass is 636 g/mol. The zero-order chi connectivity index (χ0) is 32.9. The summed E-state index contributed by atoms with van der Waals surface area (Å²) in [6.45, 7) is 8.33. The van der Waals surface area contributed by atoms with Crippen LogP contribution in [0, 0.1) is 11.8 Å². The van der Waals surface area contributed by atoms with Crippen LogP contribution in [0.5, 0.6) is 0 Å². The highest BCUT2D eigenvalue weighted by molar-refractivity contribution is 7.92. The van der Waals surface area contributed by atoms with Crippen LogP contribution in [0.1, 0.15) is 72.3 Å². The summed E-state index contributed by atoms with van der Waals surface area (Å²) in [6, 6.07) is 6.44. The van der Waals surface area contributed by atoms with Gasteiger partial charge < -0.3 is 26.2 Å². The quantitative estimate of drug-likeness (QED) is 0.228. The van der Waals surface area contributed by atoms with E-state index in [1.165, 1.54) is 13.8 Å². The Morgan fingerprint density at radius 3 is 2.18 bits per heavy atom. The number of carbonyl (C=O) groups is 3. The molecule has 0 spiro atoms. The summed E-state index contributed by atoms with van der Waals surface area (Å²) in [4.78, 5) is 41.5. The number of rotatable bonds is 12. The molecule has 1 saturated carbocycles. The third-order valence-corrected chi connectivity index (χ3v) is 11.3. The Morgan fingerprint density at radius 2 is 1.61 bits per heavy atom. The van der Waals surface area contributed by atoms with Crippen molar-refractivity contribution >= 4 is 27.6 Å². The third-order valence-electron chi connectivity index (χ3n) is 9.18. The first-order chi connectivity index (χ1) is 20.4. The lowest BCUT2D eigenvalue weighted by Gasteiger charge is -2.47. The first kappa shape index (κ1) is 35.9. The zero-order valence-corrected chi connectivity index (χ0v) is 27.8. The molecule has 5 N–H and O–H groups in total. The van der Waals surface area contributed by atoms with Crippen LogP contribution in [0.25, 0.3) is 0 Å². The van der Waals surface area contributed by atoms with Crippen LogP contribution in [-0.4, -0.2) is 102 Å². The van der Waals surface area contributed by atoms with Gasteiger partial charge in [0.2, 0.25) is 17.7 Å². The Bertz CT molecular complexity index is 1250. The number of carbonyl (C=O) groups excluding carboxylic acids is 3. The Morgan fingerprint density at radius 1 is 1.00 bits per heavy atom. The van der Waals surface area contributed by atoms with E-state index >= 15 is 0 Å². The number of sulfone groups is 1. The molecule has 2 aliphatic rings. The minimum atomic E-state index is -3.85. The summed E-state index contributed by atoms with van der Waals surface area (Å²) in [6.07, 6.45) is 5.23. The second-order valence-electron chi connectivity index (χ2n) is 14.2. The molecule has 0 aromatic heterocycles. The van der Waals surface area contributed by atoms with E-state index in [1.54, 1.807) is 0 Å². The van der Waals surface area contributed by atoms with Gasteiger partial charge in [-0.3, -0.25) is 19.3 Å². The van der Waals surface area contributed by atoms with E-state index in [1.807, 2.05) is 56.0 Å². The molecule has 44 heavy (non-hydrogen) atoms. The molecule has 1 heterocycles. The molecule has 12 heteroatoms. The molecular weight excluding hydrogens is 584 g/mol.